The molecule has 2 heterocycles. The van der Waals surface area contributed by atoms with E-state index in [-0.39, 0.29) is 11.9 Å². The minimum atomic E-state index is -0.0803. The Balaban J connectivity index is 1.35. The molecule has 3 aromatic rings. The van der Waals surface area contributed by atoms with Gasteiger partial charge in [-0.15, -0.1) is 5.10 Å². The molecule has 144 valence electrons. The summed E-state index contributed by atoms with van der Waals surface area (Å²) in [4.78, 5) is 15.2. The number of tetrazole rings is 1. The van der Waals surface area contributed by atoms with Crippen LogP contribution in [0.5, 0.6) is 0 Å². The van der Waals surface area contributed by atoms with Crippen molar-refractivity contribution in [1.29, 1.82) is 0 Å². The van der Waals surface area contributed by atoms with Gasteiger partial charge in [0.25, 0.3) is 5.91 Å². The number of rotatable bonds is 5. The van der Waals surface area contributed by atoms with Crippen molar-refractivity contribution in [2.24, 2.45) is 0 Å². The number of hydrogen-bond donors (Lipinski definition) is 1. The third-order valence-electron chi connectivity index (χ3n) is 4.98. The summed E-state index contributed by atoms with van der Waals surface area (Å²) in [5.41, 5.74) is 2.66. The van der Waals surface area contributed by atoms with Gasteiger partial charge in [0.15, 0.2) is 0 Å². The Morgan fingerprint density at radius 2 is 1.93 bits per heavy atom. The van der Waals surface area contributed by atoms with Gasteiger partial charge < -0.3 is 5.32 Å². The molecule has 1 aliphatic rings. The fourth-order valence-electron chi connectivity index (χ4n) is 3.45. The molecule has 0 bridgehead atoms. The molecule has 4 rings (SSSR count). The maximum absolute atomic E-state index is 12.8. The number of amides is 1. The number of carbonyl (C=O) groups excluding carboxylic acids is 1. The van der Waals surface area contributed by atoms with Gasteiger partial charge >= 0.3 is 0 Å². The maximum atomic E-state index is 12.8. The Hall–Kier alpha value is -2.58. The lowest BCUT2D eigenvalue weighted by Gasteiger charge is -2.32. The fraction of sp³-hybridized carbons (Fsp3) is 0.300. The molecule has 0 spiro atoms. The largest absolute Gasteiger partial charge is 0.349 e. The van der Waals surface area contributed by atoms with E-state index < -0.39 is 0 Å². The van der Waals surface area contributed by atoms with E-state index in [1.807, 2.05) is 18.2 Å². The molecular weight excluding hydrogens is 420 g/mol. The van der Waals surface area contributed by atoms with Crippen molar-refractivity contribution in [3.8, 4) is 5.69 Å². The van der Waals surface area contributed by atoms with Crippen LogP contribution in [0.2, 0.25) is 0 Å². The summed E-state index contributed by atoms with van der Waals surface area (Å²) in [7, 11) is 0. The van der Waals surface area contributed by atoms with Gasteiger partial charge in [0.2, 0.25) is 0 Å². The second-order valence-corrected chi connectivity index (χ2v) is 7.78. The maximum Gasteiger partial charge on any atom is 0.252 e. The summed E-state index contributed by atoms with van der Waals surface area (Å²) in [6, 6.07) is 16.2. The Morgan fingerprint density at radius 3 is 2.64 bits per heavy atom. The Morgan fingerprint density at radius 1 is 1.14 bits per heavy atom. The van der Waals surface area contributed by atoms with Crippen molar-refractivity contribution in [3.05, 3.63) is 70.5 Å². The van der Waals surface area contributed by atoms with Gasteiger partial charge in [0.05, 0.1) is 11.3 Å². The van der Waals surface area contributed by atoms with Crippen LogP contribution in [0, 0.1) is 0 Å². The highest BCUT2D eigenvalue weighted by molar-refractivity contribution is 9.10. The van der Waals surface area contributed by atoms with Gasteiger partial charge in [0, 0.05) is 30.1 Å². The number of aromatic nitrogens is 4. The third-order valence-corrected chi connectivity index (χ3v) is 5.67. The topological polar surface area (TPSA) is 75.9 Å². The summed E-state index contributed by atoms with van der Waals surface area (Å²) >= 11 is 3.48. The minimum absolute atomic E-state index is 0.0803. The first-order valence-electron chi connectivity index (χ1n) is 9.29. The van der Waals surface area contributed by atoms with Crippen molar-refractivity contribution in [2.75, 3.05) is 13.1 Å². The number of nitrogens with one attached hydrogen (secondary N) is 1. The standard InChI is InChI=1S/C20H21BrN6O/c21-19-7-6-17(27-14-22-24-25-27)12-18(19)20(28)23-16-8-10-26(11-9-16)13-15-4-2-1-3-5-15/h1-7,12,14,16H,8-11,13H2,(H,23,28). The number of piperidine rings is 1. The summed E-state index contributed by atoms with van der Waals surface area (Å²) in [6.07, 6.45) is 3.40. The fourth-order valence-corrected chi connectivity index (χ4v) is 3.88. The van der Waals surface area contributed by atoms with E-state index in [1.165, 1.54) is 16.6 Å². The van der Waals surface area contributed by atoms with E-state index in [2.05, 4.69) is 65.9 Å². The molecule has 28 heavy (non-hydrogen) atoms. The summed E-state index contributed by atoms with van der Waals surface area (Å²) < 4.78 is 2.29. The quantitative estimate of drug-likeness (QED) is 0.659. The number of likely N-dealkylation sites (tertiary alicyclic amines) is 1. The van der Waals surface area contributed by atoms with Crippen LogP contribution in [0.4, 0.5) is 0 Å². The molecule has 0 radical (unpaired) electrons. The molecule has 0 unspecified atom stereocenters. The van der Waals surface area contributed by atoms with Crippen LogP contribution in [0.1, 0.15) is 28.8 Å². The van der Waals surface area contributed by atoms with Crippen molar-refractivity contribution in [1.82, 2.24) is 30.4 Å². The molecule has 1 saturated heterocycles. The van der Waals surface area contributed by atoms with Crippen molar-refractivity contribution in [3.63, 3.8) is 0 Å². The highest BCUT2D eigenvalue weighted by Gasteiger charge is 2.22. The number of benzene rings is 2. The average Bonchev–Trinajstić information content (AvgIpc) is 3.25. The first kappa shape index (κ1) is 18.8. The van der Waals surface area contributed by atoms with E-state index in [9.17, 15) is 4.79 Å². The van der Waals surface area contributed by atoms with E-state index in [1.54, 1.807) is 6.07 Å². The van der Waals surface area contributed by atoms with E-state index in [4.69, 9.17) is 0 Å². The highest BCUT2D eigenvalue weighted by Crippen LogP contribution is 2.21. The predicted molar refractivity (Wildman–Crippen MR) is 109 cm³/mol. The molecule has 1 aliphatic heterocycles. The number of halogens is 1. The smallest absolute Gasteiger partial charge is 0.252 e. The molecule has 1 amide bonds. The van der Waals surface area contributed by atoms with Crippen molar-refractivity contribution < 1.29 is 4.79 Å². The lowest BCUT2D eigenvalue weighted by Crippen LogP contribution is -2.44. The zero-order chi connectivity index (χ0) is 19.3. The summed E-state index contributed by atoms with van der Waals surface area (Å²) in [5.74, 6) is -0.0803. The van der Waals surface area contributed by atoms with Gasteiger partial charge in [0.1, 0.15) is 6.33 Å². The number of hydrogen-bond acceptors (Lipinski definition) is 5. The monoisotopic (exact) mass is 440 g/mol. The average molecular weight is 441 g/mol. The summed E-state index contributed by atoms with van der Waals surface area (Å²) in [6.45, 7) is 2.92. The van der Waals surface area contributed by atoms with Gasteiger partial charge in [-0.25, -0.2) is 4.68 Å². The second kappa shape index (κ2) is 8.62. The second-order valence-electron chi connectivity index (χ2n) is 6.93. The van der Waals surface area contributed by atoms with Crippen LogP contribution in [-0.4, -0.2) is 50.1 Å². The van der Waals surface area contributed by atoms with Gasteiger partial charge in [-0.2, -0.15) is 0 Å². The van der Waals surface area contributed by atoms with Crippen molar-refractivity contribution >= 4 is 21.8 Å². The number of carbonyl (C=O) groups is 1. The lowest BCUT2D eigenvalue weighted by atomic mass is 10.0. The number of nitrogens with zero attached hydrogens (tertiary/aromatic N) is 5. The molecule has 1 aromatic heterocycles. The molecule has 0 saturated carbocycles. The van der Waals surface area contributed by atoms with Crippen LogP contribution in [0.25, 0.3) is 5.69 Å². The molecule has 0 atom stereocenters. The molecule has 7 nitrogen and oxygen atoms in total. The van der Waals surface area contributed by atoms with Crippen LogP contribution in [0.3, 0.4) is 0 Å². The zero-order valence-electron chi connectivity index (χ0n) is 15.3. The van der Waals surface area contributed by atoms with E-state index in [0.717, 1.165) is 42.6 Å². The first-order chi connectivity index (χ1) is 13.7. The SMILES string of the molecule is O=C(NC1CCN(Cc2ccccc2)CC1)c1cc(-n2cnnn2)ccc1Br. The molecule has 1 fully saturated rings. The highest BCUT2D eigenvalue weighted by atomic mass is 79.9. The Bertz CT molecular complexity index is 923. The van der Waals surface area contributed by atoms with Crippen molar-refractivity contribution in [2.45, 2.75) is 25.4 Å². The normalized spacial score (nSPS) is 15.5. The molecular formula is C20H21BrN6O. The molecule has 0 aliphatic carbocycles. The van der Waals surface area contributed by atoms with E-state index >= 15 is 0 Å². The Kier molecular flexibility index (Phi) is 5.78. The van der Waals surface area contributed by atoms with Crippen LogP contribution in [0.15, 0.2) is 59.3 Å². The predicted octanol–water partition coefficient (Wildman–Crippen LogP) is 2.82. The van der Waals surface area contributed by atoms with Crippen LogP contribution < -0.4 is 5.32 Å². The van der Waals surface area contributed by atoms with Crippen LogP contribution >= 0.6 is 15.9 Å². The molecule has 1 N–H and O–H groups in total. The summed E-state index contributed by atoms with van der Waals surface area (Å²) in [5, 5.41) is 14.3. The van der Waals surface area contributed by atoms with Gasteiger partial charge in [-0.05, 0) is 63.0 Å². The molecule has 8 heteroatoms. The lowest BCUT2D eigenvalue weighted by molar-refractivity contribution is 0.0908. The van der Waals surface area contributed by atoms with Gasteiger partial charge in [-0.1, -0.05) is 30.3 Å². The Labute approximate surface area is 171 Å². The minimum Gasteiger partial charge on any atom is -0.349 e. The van der Waals surface area contributed by atoms with Crippen LogP contribution in [-0.2, 0) is 6.54 Å². The van der Waals surface area contributed by atoms with Gasteiger partial charge in [-0.3, -0.25) is 9.69 Å². The first-order valence-corrected chi connectivity index (χ1v) is 10.1. The zero-order valence-corrected chi connectivity index (χ0v) is 16.9. The molecule has 2 aromatic carbocycles. The van der Waals surface area contributed by atoms with E-state index in [0.29, 0.717) is 5.56 Å². The third kappa shape index (κ3) is 4.45.